The van der Waals surface area contributed by atoms with Crippen molar-refractivity contribution >= 4 is 23.8 Å². The van der Waals surface area contributed by atoms with Crippen molar-refractivity contribution in [3.05, 3.63) is 33.8 Å². The molecule has 6 heteroatoms. The van der Waals surface area contributed by atoms with Gasteiger partial charge in [0.15, 0.2) is 4.77 Å². The molecule has 2 aromatic rings. The first-order valence-corrected chi connectivity index (χ1v) is 6.05. The van der Waals surface area contributed by atoms with E-state index in [0.29, 0.717) is 21.3 Å². The number of hydrogen-bond acceptors (Lipinski definition) is 3. The molecule has 0 saturated carbocycles. The smallest absolute Gasteiger partial charge is 0.182 e. The highest BCUT2D eigenvalue weighted by Gasteiger charge is 2.12. The molecule has 4 nitrogen and oxygen atoms in total. The SMILES string of the molecule is COc1cc(-n2cc(C)[nH]c2=S)c(OC)cc1Cl. The van der Waals surface area contributed by atoms with Crippen LogP contribution in [0.15, 0.2) is 18.3 Å². The zero-order valence-electron chi connectivity index (χ0n) is 10.3. The molecule has 1 N–H and O–H groups in total. The summed E-state index contributed by atoms with van der Waals surface area (Å²) in [6, 6.07) is 3.50. The molecule has 96 valence electrons. The predicted molar refractivity (Wildman–Crippen MR) is 73.8 cm³/mol. The second-order valence-electron chi connectivity index (χ2n) is 3.77. The number of aromatic amines is 1. The molecule has 1 heterocycles. The Morgan fingerprint density at radius 2 is 1.89 bits per heavy atom. The largest absolute Gasteiger partial charge is 0.495 e. The number of imidazole rings is 1. The van der Waals surface area contributed by atoms with Crippen LogP contribution in [0, 0.1) is 11.7 Å². The van der Waals surface area contributed by atoms with Crippen LogP contribution < -0.4 is 9.47 Å². The van der Waals surface area contributed by atoms with Crippen LogP contribution in [0.25, 0.3) is 5.69 Å². The Labute approximate surface area is 115 Å². The van der Waals surface area contributed by atoms with Crippen molar-refractivity contribution in [3.63, 3.8) is 0 Å². The Morgan fingerprint density at radius 3 is 2.39 bits per heavy atom. The van der Waals surface area contributed by atoms with Gasteiger partial charge in [0.05, 0.1) is 24.9 Å². The van der Waals surface area contributed by atoms with E-state index in [2.05, 4.69) is 4.98 Å². The Kier molecular flexibility index (Phi) is 3.63. The molecule has 18 heavy (non-hydrogen) atoms. The van der Waals surface area contributed by atoms with Gasteiger partial charge in [0.1, 0.15) is 11.5 Å². The number of halogens is 1. The van der Waals surface area contributed by atoms with Gasteiger partial charge in [-0.25, -0.2) is 0 Å². The van der Waals surface area contributed by atoms with Crippen molar-refractivity contribution in [2.24, 2.45) is 0 Å². The van der Waals surface area contributed by atoms with Crippen LogP contribution in [0.5, 0.6) is 11.5 Å². The van der Waals surface area contributed by atoms with E-state index in [-0.39, 0.29) is 0 Å². The topological polar surface area (TPSA) is 39.2 Å². The molecule has 0 unspecified atom stereocenters. The molecule has 0 amide bonds. The van der Waals surface area contributed by atoms with Crippen LogP contribution in [0.1, 0.15) is 5.69 Å². The lowest BCUT2D eigenvalue weighted by atomic mass is 10.2. The van der Waals surface area contributed by atoms with E-state index in [4.69, 9.17) is 33.3 Å². The lowest BCUT2D eigenvalue weighted by Gasteiger charge is -2.12. The van der Waals surface area contributed by atoms with E-state index in [1.807, 2.05) is 17.7 Å². The summed E-state index contributed by atoms with van der Waals surface area (Å²) >= 11 is 11.3. The maximum absolute atomic E-state index is 6.06. The van der Waals surface area contributed by atoms with Crippen molar-refractivity contribution in [2.45, 2.75) is 6.92 Å². The highest BCUT2D eigenvalue weighted by atomic mass is 35.5. The van der Waals surface area contributed by atoms with Gasteiger partial charge in [-0.1, -0.05) is 11.6 Å². The zero-order valence-corrected chi connectivity index (χ0v) is 11.9. The van der Waals surface area contributed by atoms with E-state index in [1.54, 1.807) is 26.4 Å². The molecular formula is C12H13ClN2O2S. The summed E-state index contributed by atoms with van der Waals surface area (Å²) in [5.41, 5.74) is 1.75. The molecule has 0 saturated heterocycles. The number of nitrogens with zero attached hydrogens (tertiary/aromatic N) is 1. The highest BCUT2D eigenvalue weighted by molar-refractivity contribution is 7.71. The quantitative estimate of drug-likeness (QED) is 0.877. The first-order chi connectivity index (χ1) is 8.56. The van der Waals surface area contributed by atoms with Gasteiger partial charge in [0.2, 0.25) is 0 Å². The molecular weight excluding hydrogens is 272 g/mol. The Morgan fingerprint density at radius 1 is 1.22 bits per heavy atom. The van der Waals surface area contributed by atoms with Crippen molar-refractivity contribution in [1.29, 1.82) is 0 Å². The summed E-state index contributed by atoms with van der Waals surface area (Å²) in [4.78, 5) is 3.06. The van der Waals surface area contributed by atoms with E-state index < -0.39 is 0 Å². The zero-order chi connectivity index (χ0) is 13.3. The predicted octanol–water partition coefficient (Wildman–Crippen LogP) is 3.51. The van der Waals surface area contributed by atoms with Crippen molar-refractivity contribution in [3.8, 4) is 17.2 Å². The third-order valence-electron chi connectivity index (χ3n) is 2.56. The second-order valence-corrected chi connectivity index (χ2v) is 4.56. The summed E-state index contributed by atoms with van der Waals surface area (Å²) < 4.78 is 12.9. The Bertz CT molecular complexity index is 633. The summed E-state index contributed by atoms with van der Waals surface area (Å²) in [5.74, 6) is 1.21. The van der Waals surface area contributed by atoms with Crippen LogP contribution in [0.4, 0.5) is 0 Å². The van der Waals surface area contributed by atoms with Gasteiger partial charge >= 0.3 is 0 Å². The number of nitrogens with one attached hydrogen (secondary N) is 1. The highest BCUT2D eigenvalue weighted by Crippen LogP contribution is 2.34. The molecule has 1 aromatic heterocycles. The third-order valence-corrected chi connectivity index (χ3v) is 3.15. The average Bonchev–Trinajstić information content (AvgIpc) is 2.68. The molecule has 1 aromatic carbocycles. The number of H-pyrrole nitrogens is 1. The minimum absolute atomic E-state index is 0.497. The first kappa shape index (κ1) is 13.0. The number of rotatable bonds is 3. The van der Waals surface area contributed by atoms with Gasteiger partial charge in [-0.05, 0) is 19.1 Å². The summed E-state index contributed by atoms with van der Waals surface area (Å²) in [6.07, 6.45) is 1.90. The molecule has 0 aliphatic rings. The van der Waals surface area contributed by atoms with Crippen molar-refractivity contribution in [2.75, 3.05) is 14.2 Å². The summed E-state index contributed by atoms with van der Waals surface area (Å²) in [6.45, 7) is 1.94. The average molecular weight is 285 g/mol. The number of aromatic nitrogens is 2. The van der Waals surface area contributed by atoms with Crippen LogP contribution in [0.3, 0.4) is 0 Å². The second kappa shape index (κ2) is 5.04. The molecule has 0 atom stereocenters. The van der Waals surface area contributed by atoms with Crippen LogP contribution in [-0.4, -0.2) is 23.8 Å². The van der Waals surface area contributed by atoms with E-state index >= 15 is 0 Å². The van der Waals surface area contributed by atoms with Crippen LogP contribution in [0.2, 0.25) is 5.02 Å². The Balaban J connectivity index is 2.69. The summed E-state index contributed by atoms with van der Waals surface area (Å²) in [5, 5.41) is 0.497. The van der Waals surface area contributed by atoms with Crippen LogP contribution >= 0.6 is 23.8 Å². The van der Waals surface area contributed by atoms with Gasteiger partial charge in [0, 0.05) is 24.0 Å². The van der Waals surface area contributed by atoms with Gasteiger partial charge in [-0.15, -0.1) is 0 Å². The van der Waals surface area contributed by atoms with Crippen molar-refractivity contribution in [1.82, 2.24) is 9.55 Å². The van der Waals surface area contributed by atoms with Crippen LogP contribution in [-0.2, 0) is 0 Å². The number of benzene rings is 1. The molecule has 0 radical (unpaired) electrons. The maximum atomic E-state index is 6.06. The van der Waals surface area contributed by atoms with Gasteiger partial charge < -0.3 is 14.5 Å². The van der Waals surface area contributed by atoms with E-state index in [1.165, 1.54) is 0 Å². The maximum Gasteiger partial charge on any atom is 0.182 e. The molecule has 0 spiro atoms. The fourth-order valence-corrected chi connectivity index (χ4v) is 2.27. The first-order valence-electron chi connectivity index (χ1n) is 5.27. The monoisotopic (exact) mass is 284 g/mol. The van der Waals surface area contributed by atoms with Gasteiger partial charge in [0.25, 0.3) is 0 Å². The van der Waals surface area contributed by atoms with E-state index in [9.17, 15) is 0 Å². The number of methoxy groups -OCH3 is 2. The molecule has 0 aliphatic heterocycles. The third kappa shape index (κ3) is 2.23. The van der Waals surface area contributed by atoms with Crippen molar-refractivity contribution < 1.29 is 9.47 Å². The Hall–Kier alpha value is -1.46. The number of ether oxygens (including phenoxy) is 2. The fourth-order valence-electron chi connectivity index (χ4n) is 1.72. The number of aryl methyl sites for hydroxylation is 1. The molecule has 0 fully saturated rings. The van der Waals surface area contributed by atoms with E-state index in [0.717, 1.165) is 11.4 Å². The standard InChI is InChI=1S/C12H13ClN2O2S/c1-7-6-15(12(18)14-7)9-5-10(16-2)8(13)4-11(9)17-3/h4-6H,1-3H3,(H,14,18). The molecule has 2 rings (SSSR count). The number of hydrogen-bond donors (Lipinski definition) is 1. The molecule has 0 bridgehead atoms. The molecule has 0 aliphatic carbocycles. The summed E-state index contributed by atoms with van der Waals surface area (Å²) in [7, 11) is 3.16. The minimum atomic E-state index is 0.497. The lowest BCUT2D eigenvalue weighted by molar-refractivity contribution is 0.401. The lowest BCUT2D eigenvalue weighted by Crippen LogP contribution is -1.98. The van der Waals surface area contributed by atoms with Gasteiger partial charge in [-0.2, -0.15) is 0 Å². The normalized spacial score (nSPS) is 10.4. The van der Waals surface area contributed by atoms with Gasteiger partial charge in [-0.3, -0.25) is 4.57 Å². The fraction of sp³-hybridized carbons (Fsp3) is 0.250. The minimum Gasteiger partial charge on any atom is -0.495 e.